The third kappa shape index (κ3) is 3.91. The first-order chi connectivity index (χ1) is 9.28. The molecule has 0 aliphatic carbocycles. The van der Waals surface area contributed by atoms with Gasteiger partial charge < -0.3 is 9.84 Å². The molecule has 0 fully saturated rings. The first-order valence-electron chi connectivity index (χ1n) is 6.33. The summed E-state index contributed by atoms with van der Waals surface area (Å²) in [4.78, 5) is -0.203. The number of benzene rings is 1. The first-order valence-corrected chi connectivity index (χ1v) is 7.82. The minimum absolute atomic E-state index is 0.0254. The molecule has 0 atom stereocenters. The number of ether oxygens (including phenoxy) is 1. The maximum absolute atomic E-state index is 13.5. The lowest BCUT2D eigenvalue weighted by atomic mass is 9.98. The van der Waals surface area contributed by atoms with Gasteiger partial charge in [0.05, 0.1) is 17.6 Å². The van der Waals surface area contributed by atoms with E-state index in [2.05, 4.69) is 4.72 Å². The third-order valence-electron chi connectivity index (χ3n) is 3.34. The highest BCUT2D eigenvalue weighted by Crippen LogP contribution is 2.21. The van der Waals surface area contributed by atoms with Crippen molar-refractivity contribution in [2.45, 2.75) is 37.2 Å². The van der Waals surface area contributed by atoms with Gasteiger partial charge >= 0.3 is 0 Å². The second kappa shape index (κ2) is 6.51. The van der Waals surface area contributed by atoms with Crippen molar-refractivity contribution >= 4 is 10.0 Å². The van der Waals surface area contributed by atoms with Crippen molar-refractivity contribution in [3.05, 3.63) is 24.0 Å². The van der Waals surface area contributed by atoms with E-state index in [1.165, 1.54) is 19.2 Å². The van der Waals surface area contributed by atoms with Crippen LogP contribution in [0.15, 0.2) is 23.1 Å². The molecule has 0 aromatic heterocycles. The molecule has 20 heavy (non-hydrogen) atoms. The number of rotatable bonds is 7. The highest BCUT2D eigenvalue weighted by molar-refractivity contribution is 7.89. The van der Waals surface area contributed by atoms with Gasteiger partial charge in [-0.25, -0.2) is 17.5 Å². The molecular formula is C13H20FNO4S. The second-order valence-electron chi connectivity index (χ2n) is 4.55. The zero-order valence-electron chi connectivity index (χ0n) is 11.8. The van der Waals surface area contributed by atoms with E-state index in [-0.39, 0.29) is 17.2 Å². The maximum atomic E-state index is 13.5. The van der Waals surface area contributed by atoms with E-state index in [4.69, 9.17) is 4.74 Å². The van der Waals surface area contributed by atoms with Crippen molar-refractivity contribution < 1.29 is 22.7 Å². The van der Waals surface area contributed by atoms with Crippen LogP contribution in [-0.4, -0.2) is 32.8 Å². The number of hydrogen-bond donors (Lipinski definition) is 2. The summed E-state index contributed by atoms with van der Waals surface area (Å²) in [6.07, 6.45) is 0.839. The topological polar surface area (TPSA) is 75.6 Å². The molecule has 114 valence electrons. The predicted molar refractivity (Wildman–Crippen MR) is 73.7 cm³/mol. The number of hydrogen-bond acceptors (Lipinski definition) is 4. The highest BCUT2D eigenvalue weighted by atomic mass is 32.2. The number of methoxy groups -OCH3 is 1. The lowest BCUT2D eigenvalue weighted by molar-refractivity contribution is 0.0377. The van der Waals surface area contributed by atoms with Crippen molar-refractivity contribution in [3.63, 3.8) is 0 Å². The number of halogens is 1. The van der Waals surface area contributed by atoms with Gasteiger partial charge in [-0.3, -0.25) is 0 Å². The van der Waals surface area contributed by atoms with Gasteiger partial charge in [-0.15, -0.1) is 0 Å². The van der Waals surface area contributed by atoms with Crippen LogP contribution in [0.1, 0.15) is 26.7 Å². The fraction of sp³-hybridized carbons (Fsp3) is 0.538. The molecular weight excluding hydrogens is 285 g/mol. The molecule has 5 nitrogen and oxygen atoms in total. The van der Waals surface area contributed by atoms with Crippen LogP contribution in [0.5, 0.6) is 5.75 Å². The molecule has 0 radical (unpaired) electrons. The van der Waals surface area contributed by atoms with E-state index in [0.29, 0.717) is 12.8 Å². The largest absolute Gasteiger partial charge is 0.494 e. The van der Waals surface area contributed by atoms with Crippen molar-refractivity contribution in [2.75, 3.05) is 13.7 Å². The van der Waals surface area contributed by atoms with E-state index < -0.39 is 21.4 Å². The Bertz CT molecular complexity index is 555. The molecule has 0 heterocycles. The van der Waals surface area contributed by atoms with Crippen molar-refractivity contribution in [1.82, 2.24) is 4.72 Å². The molecule has 2 N–H and O–H groups in total. The van der Waals surface area contributed by atoms with Crippen LogP contribution in [0.4, 0.5) is 4.39 Å². The van der Waals surface area contributed by atoms with Gasteiger partial charge in [0.15, 0.2) is 11.6 Å². The Labute approximate surface area is 118 Å². The van der Waals surface area contributed by atoms with Crippen LogP contribution in [0.3, 0.4) is 0 Å². The molecule has 0 spiro atoms. The molecule has 0 amide bonds. The van der Waals surface area contributed by atoms with Gasteiger partial charge in [-0.1, -0.05) is 13.8 Å². The van der Waals surface area contributed by atoms with Gasteiger partial charge in [0.2, 0.25) is 10.0 Å². The summed E-state index contributed by atoms with van der Waals surface area (Å²) in [6, 6.07) is 3.38. The second-order valence-corrected chi connectivity index (χ2v) is 6.32. The summed E-state index contributed by atoms with van der Waals surface area (Å²) < 4.78 is 44.6. The monoisotopic (exact) mass is 305 g/mol. The highest BCUT2D eigenvalue weighted by Gasteiger charge is 2.26. The minimum Gasteiger partial charge on any atom is -0.494 e. The van der Waals surface area contributed by atoms with Crippen LogP contribution in [0, 0.1) is 5.82 Å². The Balaban J connectivity index is 2.92. The van der Waals surface area contributed by atoms with E-state index in [0.717, 1.165) is 6.07 Å². The molecule has 1 aromatic rings. The van der Waals surface area contributed by atoms with Gasteiger partial charge in [0.1, 0.15) is 0 Å². The molecule has 1 rings (SSSR count). The zero-order valence-corrected chi connectivity index (χ0v) is 12.6. The Morgan fingerprint density at radius 3 is 2.40 bits per heavy atom. The summed E-state index contributed by atoms with van der Waals surface area (Å²) in [7, 11) is -2.57. The number of sulfonamides is 1. The molecule has 0 aliphatic heterocycles. The summed E-state index contributed by atoms with van der Waals surface area (Å²) >= 11 is 0. The molecule has 0 saturated carbocycles. The van der Waals surface area contributed by atoms with E-state index in [1.54, 1.807) is 13.8 Å². The normalized spacial score (nSPS) is 12.4. The van der Waals surface area contributed by atoms with Gasteiger partial charge in [-0.05, 0) is 31.0 Å². The summed E-state index contributed by atoms with van der Waals surface area (Å²) in [5.41, 5.74) is -1.10. The van der Waals surface area contributed by atoms with E-state index in [1.807, 2.05) is 0 Å². The molecule has 0 saturated heterocycles. The lowest BCUT2D eigenvalue weighted by Crippen LogP contribution is -2.41. The first kappa shape index (κ1) is 16.9. The average Bonchev–Trinajstić information content (AvgIpc) is 2.44. The smallest absolute Gasteiger partial charge is 0.240 e. The summed E-state index contributed by atoms with van der Waals surface area (Å²) in [5, 5.41) is 10.1. The van der Waals surface area contributed by atoms with Crippen LogP contribution in [-0.2, 0) is 10.0 Å². The van der Waals surface area contributed by atoms with Crippen molar-refractivity contribution in [2.24, 2.45) is 0 Å². The molecule has 7 heteroatoms. The summed E-state index contributed by atoms with van der Waals surface area (Å²) in [6.45, 7) is 3.42. The molecule has 1 aromatic carbocycles. The lowest BCUT2D eigenvalue weighted by Gasteiger charge is -2.25. The quantitative estimate of drug-likeness (QED) is 0.803. The molecule has 0 bridgehead atoms. The SMILES string of the molecule is CCC(O)(CC)CNS(=O)(=O)c1ccc(OC)c(F)c1. The van der Waals surface area contributed by atoms with Gasteiger partial charge in [0.25, 0.3) is 0 Å². The average molecular weight is 305 g/mol. The predicted octanol–water partition coefficient (Wildman–Crippen LogP) is 1.66. The Hall–Kier alpha value is -1.18. The van der Waals surface area contributed by atoms with Crippen LogP contribution in [0.25, 0.3) is 0 Å². The standard InChI is InChI=1S/C13H20FNO4S/c1-4-13(16,5-2)9-15-20(17,18)10-6-7-12(19-3)11(14)8-10/h6-8,15-16H,4-5,9H2,1-3H3. The van der Waals surface area contributed by atoms with E-state index >= 15 is 0 Å². The Kier molecular flexibility index (Phi) is 5.50. The van der Waals surface area contributed by atoms with Crippen molar-refractivity contribution in [1.29, 1.82) is 0 Å². The summed E-state index contributed by atoms with van der Waals surface area (Å²) in [5.74, 6) is -0.779. The maximum Gasteiger partial charge on any atom is 0.240 e. The molecule has 0 unspecified atom stereocenters. The Morgan fingerprint density at radius 1 is 1.35 bits per heavy atom. The van der Waals surface area contributed by atoms with Gasteiger partial charge in [-0.2, -0.15) is 0 Å². The fourth-order valence-electron chi connectivity index (χ4n) is 1.63. The Morgan fingerprint density at radius 2 is 1.95 bits per heavy atom. The van der Waals surface area contributed by atoms with Crippen molar-refractivity contribution in [3.8, 4) is 5.75 Å². The number of aliphatic hydroxyl groups is 1. The third-order valence-corrected chi connectivity index (χ3v) is 4.74. The van der Waals surface area contributed by atoms with Crippen LogP contribution >= 0.6 is 0 Å². The van der Waals surface area contributed by atoms with E-state index in [9.17, 15) is 17.9 Å². The zero-order chi connectivity index (χ0) is 15.4. The fourth-order valence-corrected chi connectivity index (χ4v) is 2.76. The van der Waals surface area contributed by atoms with Gasteiger partial charge in [0, 0.05) is 6.54 Å². The minimum atomic E-state index is -3.87. The number of nitrogens with one attached hydrogen (secondary N) is 1. The van der Waals surface area contributed by atoms with Crippen LogP contribution < -0.4 is 9.46 Å². The molecule has 0 aliphatic rings. The van der Waals surface area contributed by atoms with Crippen LogP contribution in [0.2, 0.25) is 0 Å².